The summed E-state index contributed by atoms with van der Waals surface area (Å²) in [5.74, 6) is -0.315. The third kappa shape index (κ3) is 2.69. The summed E-state index contributed by atoms with van der Waals surface area (Å²) in [4.78, 5) is 22.5. The number of carbonyl (C=O) groups is 2. The highest BCUT2D eigenvalue weighted by Crippen LogP contribution is 2.13. The monoisotopic (exact) mass is 232 g/mol. The standard InChI is InChI=1S/C8H6B2N2O5/c13-5-3-17-10-8(15)6(5)12-11-4-1-2-16-9-7(4)14/h1,13H,2-3H2. The Bertz CT molecular complexity index is 457. The number of nitrogens with zero attached hydrogens (tertiary/aromatic N) is 2. The molecule has 84 valence electrons. The van der Waals surface area contributed by atoms with Gasteiger partial charge in [0.2, 0.25) is 0 Å². The van der Waals surface area contributed by atoms with Crippen LogP contribution in [0.15, 0.2) is 33.5 Å². The summed E-state index contributed by atoms with van der Waals surface area (Å²) in [6, 6.07) is 0. The summed E-state index contributed by atoms with van der Waals surface area (Å²) in [6.45, 7) is 0.0800. The van der Waals surface area contributed by atoms with Crippen LogP contribution in [0.3, 0.4) is 0 Å². The van der Waals surface area contributed by atoms with Crippen LogP contribution in [-0.2, 0) is 18.9 Å². The van der Waals surface area contributed by atoms with E-state index in [0.29, 0.717) is 0 Å². The summed E-state index contributed by atoms with van der Waals surface area (Å²) in [6.07, 6.45) is 1.43. The van der Waals surface area contributed by atoms with Gasteiger partial charge in [0.05, 0.1) is 6.61 Å². The van der Waals surface area contributed by atoms with E-state index in [2.05, 4.69) is 14.9 Å². The normalized spacial score (nSPS) is 21.3. The molecule has 2 rings (SSSR count). The van der Waals surface area contributed by atoms with Crippen molar-refractivity contribution in [1.82, 2.24) is 0 Å². The summed E-state index contributed by atoms with van der Waals surface area (Å²) in [5.41, 5.74) is -1.20. The molecule has 1 N–H and O–H groups in total. The van der Waals surface area contributed by atoms with Crippen LogP contribution in [0.5, 0.6) is 0 Å². The van der Waals surface area contributed by atoms with Gasteiger partial charge < -0.3 is 24.0 Å². The van der Waals surface area contributed by atoms with E-state index in [9.17, 15) is 14.7 Å². The van der Waals surface area contributed by atoms with Crippen molar-refractivity contribution in [2.45, 2.75) is 0 Å². The van der Waals surface area contributed by atoms with Crippen molar-refractivity contribution in [2.75, 3.05) is 13.2 Å². The predicted molar refractivity (Wildman–Crippen MR) is 56.0 cm³/mol. The quantitative estimate of drug-likeness (QED) is 0.508. The lowest BCUT2D eigenvalue weighted by atomic mass is 9.88. The number of hydrogen-bond acceptors (Lipinski definition) is 7. The smallest absolute Gasteiger partial charge is 0.386 e. The molecule has 0 spiro atoms. The highest BCUT2D eigenvalue weighted by molar-refractivity contribution is 6.73. The molecule has 0 saturated heterocycles. The van der Waals surface area contributed by atoms with Gasteiger partial charge in [0, 0.05) is 6.61 Å². The largest absolute Gasteiger partial charge is 0.507 e. The van der Waals surface area contributed by atoms with Crippen LogP contribution >= 0.6 is 0 Å². The fourth-order valence-electron chi connectivity index (χ4n) is 1.18. The molecule has 7 nitrogen and oxygen atoms in total. The molecule has 9 heteroatoms. The maximum absolute atomic E-state index is 11.3. The average Bonchev–Trinajstić information content (AvgIpc) is 2.30. The SMILES string of the molecule is O=C1[B]OCC=C1N=NC1=C(O)CO[B]C1=O. The molecular formula is C8H6B2N2O5. The number of azo groups is 1. The Kier molecular flexibility index (Phi) is 3.50. The van der Waals surface area contributed by atoms with Crippen LogP contribution in [0.25, 0.3) is 0 Å². The minimum absolute atomic E-state index is 0.0656. The van der Waals surface area contributed by atoms with E-state index in [-0.39, 0.29) is 30.4 Å². The first-order valence-electron chi connectivity index (χ1n) is 4.71. The fraction of sp³-hybridized carbons (Fsp3) is 0.250. The first kappa shape index (κ1) is 11.7. The molecule has 17 heavy (non-hydrogen) atoms. The van der Waals surface area contributed by atoms with Crippen molar-refractivity contribution < 1.29 is 24.0 Å². The summed E-state index contributed by atoms with van der Waals surface area (Å²) in [7, 11) is 1.95. The predicted octanol–water partition coefficient (Wildman–Crippen LogP) is -0.556. The van der Waals surface area contributed by atoms with Gasteiger partial charge in [0.1, 0.15) is 11.5 Å². The summed E-state index contributed by atoms with van der Waals surface area (Å²) in [5, 5.41) is 16.5. The average molecular weight is 232 g/mol. The molecule has 0 aromatic heterocycles. The van der Waals surface area contributed by atoms with Crippen LogP contribution in [0.2, 0.25) is 0 Å². The third-order valence-corrected chi connectivity index (χ3v) is 1.99. The number of carbonyl (C=O) groups excluding carboxylic acids is 2. The van der Waals surface area contributed by atoms with Gasteiger partial charge in [0.25, 0.3) is 0 Å². The van der Waals surface area contributed by atoms with Crippen molar-refractivity contribution in [2.24, 2.45) is 10.2 Å². The first-order valence-corrected chi connectivity index (χ1v) is 4.71. The Hall–Kier alpha value is -1.73. The molecule has 0 aliphatic carbocycles. The second-order valence-electron chi connectivity index (χ2n) is 3.19. The van der Waals surface area contributed by atoms with Crippen molar-refractivity contribution in [3.8, 4) is 0 Å². The molecule has 2 aliphatic rings. The second-order valence-corrected chi connectivity index (χ2v) is 3.19. The van der Waals surface area contributed by atoms with E-state index in [1.54, 1.807) is 0 Å². The van der Waals surface area contributed by atoms with E-state index in [1.165, 1.54) is 6.08 Å². The zero-order chi connectivity index (χ0) is 12.3. The fourth-order valence-corrected chi connectivity index (χ4v) is 1.18. The van der Waals surface area contributed by atoms with Crippen LogP contribution < -0.4 is 0 Å². The Balaban J connectivity index is 2.17. The van der Waals surface area contributed by atoms with Gasteiger partial charge >= 0.3 is 15.0 Å². The number of aliphatic hydroxyl groups excluding tert-OH is 1. The molecule has 0 amide bonds. The van der Waals surface area contributed by atoms with E-state index in [4.69, 9.17) is 4.65 Å². The zero-order valence-electron chi connectivity index (χ0n) is 8.62. The molecule has 0 aromatic rings. The second kappa shape index (κ2) is 5.07. The van der Waals surface area contributed by atoms with Crippen LogP contribution in [-0.4, -0.2) is 44.7 Å². The molecular weight excluding hydrogens is 226 g/mol. The molecule has 0 atom stereocenters. The molecule has 0 bridgehead atoms. The minimum atomic E-state index is -0.596. The Morgan fingerprint density at radius 1 is 1.18 bits per heavy atom. The highest BCUT2D eigenvalue weighted by Gasteiger charge is 2.23. The number of allylic oxidation sites excluding steroid dienone is 2. The molecule has 0 unspecified atom stereocenters. The first-order chi connectivity index (χ1) is 8.18. The third-order valence-electron chi connectivity index (χ3n) is 1.99. The molecule has 0 aromatic carbocycles. The molecule has 0 fully saturated rings. The maximum atomic E-state index is 11.3. The van der Waals surface area contributed by atoms with Gasteiger partial charge in [-0.1, -0.05) is 0 Å². The van der Waals surface area contributed by atoms with Crippen LogP contribution in [0.1, 0.15) is 0 Å². The van der Waals surface area contributed by atoms with Crippen LogP contribution in [0, 0.1) is 0 Å². The van der Waals surface area contributed by atoms with E-state index in [1.807, 2.05) is 0 Å². The van der Waals surface area contributed by atoms with Gasteiger partial charge in [0.15, 0.2) is 17.1 Å². The number of rotatable bonds is 2. The lowest BCUT2D eigenvalue weighted by Gasteiger charge is -2.11. The molecule has 2 radical (unpaired) electrons. The zero-order valence-corrected chi connectivity index (χ0v) is 8.62. The van der Waals surface area contributed by atoms with E-state index >= 15 is 0 Å². The van der Waals surface area contributed by atoms with Crippen molar-refractivity contribution in [3.63, 3.8) is 0 Å². The minimum Gasteiger partial charge on any atom is -0.507 e. The van der Waals surface area contributed by atoms with Crippen molar-refractivity contribution in [1.29, 1.82) is 0 Å². The van der Waals surface area contributed by atoms with Crippen molar-refractivity contribution >= 4 is 26.3 Å². The Morgan fingerprint density at radius 2 is 1.94 bits per heavy atom. The number of aliphatic hydroxyl groups is 1. The molecule has 2 aliphatic heterocycles. The van der Waals surface area contributed by atoms with Gasteiger partial charge in [-0.05, 0) is 6.08 Å². The Morgan fingerprint density at radius 3 is 2.65 bits per heavy atom. The summed E-state index contributed by atoms with van der Waals surface area (Å²) >= 11 is 0. The highest BCUT2D eigenvalue weighted by atomic mass is 16.4. The van der Waals surface area contributed by atoms with E-state index < -0.39 is 11.4 Å². The molecule has 0 saturated carbocycles. The van der Waals surface area contributed by atoms with E-state index in [0.717, 1.165) is 15.0 Å². The van der Waals surface area contributed by atoms with Crippen LogP contribution in [0.4, 0.5) is 0 Å². The van der Waals surface area contributed by atoms with Crippen molar-refractivity contribution in [3.05, 3.63) is 23.2 Å². The Labute approximate surface area is 97.7 Å². The lowest BCUT2D eigenvalue weighted by molar-refractivity contribution is -0.111. The number of hydrogen-bond donors (Lipinski definition) is 1. The maximum Gasteiger partial charge on any atom is 0.386 e. The summed E-state index contributed by atoms with van der Waals surface area (Å²) < 4.78 is 9.38. The van der Waals surface area contributed by atoms with Gasteiger partial charge in [-0.25, -0.2) is 0 Å². The topological polar surface area (TPSA) is 97.6 Å². The van der Waals surface area contributed by atoms with Gasteiger partial charge in [-0.2, -0.15) is 0 Å². The van der Waals surface area contributed by atoms with Gasteiger partial charge in [-0.3, -0.25) is 0 Å². The molecule has 2 heterocycles. The van der Waals surface area contributed by atoms with Gasteiger partial charge in [-0.15, -0.1) is 10.2 Å². The lowest BCUT2D eigenvalue weighted by Crippen LogP contribution is -2.24.